The number of nitrogens with zero attached hydrogens (tertiary/aromatic N) is 2. The molecule has 0 aromatic heterocycles. The fraction of sp³-hybridized carbons (Fsp3) is 1.00. The predicted octanol–water partition coefficient (Wildman–Crippen LogP) is 10.5. The van der Waals surface area contributed by atoms with Gasteiger partial charge in [0, 0.05) is 29.7 Å². The van der Waals surface area contributed by atoms with E-state index in [9.17, 15) is 0 Å². The monoisotopic (exact) mass is 505 g/mol. The van der Waals surface area contributed by atoms with Crippen molar-refractivity contribution in [3.63, 3.8) is 0 Å². The van der Waals surface area contributed by atoms with Gasteiger partial charge in [0.05, 0.1) is 0 Å². The van der Waals surface area contributed by atoms with Gasteiger partial charge in [-0.3, -0.25) is 9.80 Å². The maximum atomic E-state index is 3.13. The van der Waals surface area contributed by atoms with Gasteiger partial charge in [-0.15, -0.1) is 0 Å². The summed E-state index contributed by atoms with van der Waals surface area (Å²) in [4.78, 5) is 6.05. The number of piperidine rings is 1. The van der Waals surface area contributed by atoms with E-state index in [0.29, 0.717) is 16.6 Å². The van der Waals surface area contributed by atoms with Crippen LogP contribution in [0.15, 0.2) is 0 Å². The van der Waals surface area contributed by atoms with Crippen LogP contribution in [-0.2, 0) is 0 Å². The van der Waals surface area contributed by atoms with Crippen LogP contribution in [0.3, 0.4) is 0 Å². The molecule has 1 unspecified atom stereocenters. The van der Waals surface area contributed by atoms with Gasteiger partial charge in [-0.1, -0.05) is 118 Å². The molecule has 0 amide bonds. The van der Waals surface area contributed by atoms with Gasteiger partial charge in [0.2, 0.25) is 0 Å². The van der Waals surface area contributed by atoms with Crippen LogP contribution in [0.25, 0.3) is 0 Å². The topological polar surface area (TPSA) is 6.48 Å². The molecule has 0 radical (unpaired) electrons. The summed E-state index contributed by atoms with van der Waals surface area (Å²) < 4.78 is 0. The quantitative estimate of drug-likeness (QED) is 0.152. The molecule has 0 bridgehead atoms. The molecule has 0 N–H and O–H groups in total. The molecule has 214 valence electrons. The minimum atomic E-state index is 0.417. The van der Waals surface area contributed by atoms with Crippen molar-refractivity contribution in [3.05, 3.63) is 0 Å². The van der Waals surface area contributed by atoms with Crippen LogP contribution in [-0.4, -0.2) is 46.1 Å². The highest BCUT2D eigenvalue weighted by atomic mass is 15.3. The third kappa shape index (κ3) is 9.29. The minimum absolute atomic E-state index is 0.417. The molecular formula is C34H68N2. The van der Waals surface area contributed by atoms with E-state index in [0.717, 1.165) is 0 Å². The molecule has 2 nitrogen and oxygen atoms in total. The van der Waals surface area contributed by atoms with Gasteiger partial charge in [-0.25, -0.2) is 0 Å². The van der Waals surface area contributed by atoms with Gasteiger partial charge in [0.1, 0.15) is 0 Å². The third-order valence-corrected chi connectivity index (χ3v) is 10.7. The molecule has 0 aliphatic carbocycles. The number of likely N-dealkylation sites (tertiary alicyclic amines) is 2. The molecule has 1 spiro atoms. The molecule has 1 atom stereocenters. The Morgan fingerprint density at radius 3 is 1.44 bits per heavy atom. The fourth-order valence-electron chi connectivity index (χ4n) is 7.87. The standard InChI is InChI=1S/C34H68N2/c1-7-11-14-17-20-24-33(6,25-21-18-15-12-8-2)36-29-22-26-34(36)27-30-35(31-28-34)32(5,10-4)23-19-16-13-9-3/h7-31H2,1-6H3. The maximum Gasteiger partial charge on any atom is 0.0239 e. The lowest BCUT2D eigenvalue weighted by atomic mass is 9.77. The van der Waals surface area contributed by atoms with Crippen molar-refractivity contribution >= 4 is 0 Å². The van der Waals surface area contributed by atoms with Gasteiger partial charge in [0.25, 0.3) is 0 Å². The summed E-state index contributed by atoms with van der Waals surface area (Å²) in [6.07, 6.45) is 31.1. The lowest BCUT2D eigenvalue weighted by Gasteiger charge is -2.55. The highest BCUT2D eigenvalue weighted by Crippen LogP contribution is 2.47. The van der Waals surface area contributed by atoms with Crippen molar-refractivity contribution in [2.45, 2.75) is 199 Å². The Balaban J connectivity index is 2.03. The summed E-state index contributed by atoms with van der Waals surface area (Å²) in [7, 11) is 0. The zero-order valence-electron chi connectivity index (χ0n) is 26.1. The lowest BCUT2D eigenvalue weighted by Crippen LogP contribution is -2.62. The lowest BCUT2D eigenvalue weighted by molar-refractivity contribution is -0.0506. The maximum absolute atomic E-state index is 3.13. The Labute approximate surface area is 228 Å². The van der Waals surface area contributed by atoms with Crippen LogP contribution in [0.4, 0.5) is 0 Å². The first-order chi connectivity index (χ1) is 17.4. The Morgan fingerprint density at radius 2 is 0.972 bits per heavy atom. The fourth-order valence-corrected chi connectivity index (χ4v) is 7.87. The molecule has 0 aromatic rings. The summed E-state index contributed by atoms with van der Waals surface area (Å²) >= 11 is 0. The minimum Gasteiger partial charge on any atom is -0.298 e. The second-order valence-corrected chi connectivity index (χ2v) is 13.5. The first-order valence-corrected chi connectivity index (χ1v) is 16.9. The molecule has 2 heteroatoms. The second-order valence-electron chi connectivity index (χ2n) is 13.5. The molecular weight excluding hydrogens is 436 g/mol. The van der Waals surface area contributed by atoms with E-state index < -0.39 is 0 Å². The van der Waals surface area contributed by atoms with Crippen LogP contribution in [0, 0.1) is 0 Å². The summed E-state index contributed by atoms with van der Waals surface area (Å²) in [5.74, 6) is 0. The van der Waals surface area contributed by atoms with Crippen LogP contribution in [0.1, 0.15) is 183 Å². The first kappa shape index (κ1) is 32.1. The van der Waals surface area contributed by atoms with E-state index in [-0.39, 0.29) is 0 Å². The van der Waals surface area contributed by atoms with Crippen molar-refractivity contribution in [3.8, 4) is 0 Å². The number of rotatable bonds is 20. The van der Waals surface area contributed by atoms with Crippen molar-refractivity contribution in [1.82, 2.24) is 9.80 Å². The Bertz CT molecular complexity index is 535. The van der Waals surface area contributed by atoms with Crippen LogP contribution >= 0.6 is 0 Å². The molecule has 2 aliphatic rings. The summed E-state index contributed by atoms with van der Waals surface area (Å²) in [6.45, 7) is 18.8. The zero-order chi connectivity index (χ0) is 26.3. The summed E-state index contributed by atoms with van der Waals surface area (Å²) in [6, 6.07) is 0. The van der Waals surface area contributed by atoms with Gasteiger partial charge in [0.15, 0.2) is 0 Å². The molecule has 0 aromatic carbocycles. The van der Waals surface area contributed by atoms with Crippen molar-refractivity contribution in [2.24, 2.45) is 0 Å². The van der Waals surface area contributed by atoms with E-state index in [1.807, 2.05) is 0 Å². The number of hydrogen-bond donors (Lipinski definition) is 0. The molecule has 2 fully saturated rings. The second kappa shape index (κ2) is 16.8. The number of hydrogen-bond acceptors (Lipinski definition) is 2. The van der Waals surface area contributed by atoms with Crippen molar-refractivity contribution in [1.29, 1.82) is 0 Å². The Morgan fingerprint density at radius 1 is 0.528 bits per heavy atom. The Hall–Kier alpha value is -0.0800. The average molecular weight is 505 g/mol. The highest BCUT2D eigenvalue weighted by molar-refractivity contribution is 5.07. The van der Waals surface area contributed by atoms with E-state index in [1.165, 1.54) is 161 Å². The van der Waals surface area contributed by atoms with Crippen LogP contribution in [0.2, 0.25) is 0 Å². The Kier molecular flexibility index (Phi) is 15.0. The molecule has 2 heterocycles. The largest absolute Gasteiger partial charge is 0.298 e. The van der Waals surface area contributed by atoms with Crippen LogP contribution < -0.4 is 0 Å². The normalized spacial score (nSPS) is 20.8. The van der Waals surface area contributed by atoms with Gasteiger partial charge >= 0.3 is 0 Å². The average Bonchev–Trinajstić information content (AvgIpc) is 3.30. The molecule has 2 saturated heterocycles. The van der Waals surface area contributed by atoms with Gasteiger partial charge in [-0.2, -0.15) is 0 Å². The SMILES string of the molecule is CCCCCCCC(C)(CCCCCCC)N1CCCC12CCN(C(C)(CC)CCCCCC)CC2. The molecule has 0 saturated carbocycles. The van der Waals surface area contributed by atoms with Gasteiger partial charge < -0.3 is 0 Å². The summed E-state index contributed by atoms with van der Waals surface area (Å²) in [5, 5.41) is 0. The molecule has 36 heavy (non-hydrogen) atoms. The van der Waals surface area contributed by atoms with E-state index in [4.69, 9.17) is 0 Å². The predicted molar refractivity (Wildman–Crippen MR) is 162 cm³/mol. The van der Waals surface area contributed by atoms with Gasteiger partial charge in [-0.05, 0) is 71.8 Å². The first-order valence-electron chi connectivity index (χ1n) is 16.9. The third-order valence-electron chi connectivity index (χ3n) is 10.7. The molecule has 2 rings (SSSR count). The van der Waals surface area contributed by atoms with Crippen LogP contribution in [0.5, 0.6) is 0 Å². The van der Waals surface area contributed by atoms with E-state index >= 15 is 0 Å². The van der Waals surface area contributed by atoms with Crippen molar-refractivity contribution in [2.75, 3.05) is 19.6 Å². The smallest absolute Gasteiger partial charge is 0.0239 e. The number of unbranched alkanes of at least 4 members (excludes halogenated alkanes) is 11. The van der Waals surface area contributed by atoms with E-state index in [2.05, 4.69) is 51.3 Å². The highest BCUT2D eigenvalue weighted by Gasteiger charge is 2.50. The molecule has 2 aliphatic heterocycles. The van der Waals surface area contributed by atoms with Crippen molar-refractivity contribution < 1.29 is 0 Å². The zero-order valence-corrected chi connectivity index (χ0v) is 26.1. The summed E-state index contributed by atoms with van der Waals surface area (Å²) in [5.41, 5.74) is 1.33. The van der Waals surface area contributed by atoms with E-state index in [1.54, 1.807) is 0 Å².